The number of hydrogen-bond acceptors (Lipinski definition) is 7. The van der Waals surface area contributed by atoms with E-state index in [-0.39, 0.29) is 29.4 Å². The molecule has 1 N–H and O–H groups in total. The smallest absolute Gasteiger partial charge is 0.255 e. The van der Waals surface area contributed by atoms with E-state index < -0.39 is 15.8 Å². The van der Waals surface area contributed by atoms with Gasteiger partial charge in [-0.3, -0.25) is 0 Å². The van der Waals surface area contributed by atoms with Gasteiger partial charge in [-0.1, -0.05) is 0 Å². The fourth-order valence-corrected chi connectivity index (χ4v) is 5.00. The summed E-state index contributed by atoms with van der Waals surface area (Å²) in [5, 5.41) is 0. The first-order chi connectivity index (χ1) is 11.8. The van der Waals surface area contributed by atoms with Gasteiger partial charge in [0.05, 0.1) is 37.8 Å². The van der Waals surface area contributed by atoms with Gasteiger partial charge in [-0.25, -0.2) is 18.1 Å². The van der Waals surface area contributed by atoms with E-state index >= 15 is 0 Å². The molecule has 1 spiro atoms. The molecule has 3 aliphatic rings. The standard InChI is InChI=1S/C15H21FN4O4S/c1-23-13-11(16)6-17-14(19-13)20-7-10-9(5-18-25(2,21)22)12-3-4-15(10,8-20)24-12/h6,9-10,12,18H,3-5,7-8H2,1-2H3/t9-,10+,12+,15+/m0/s1. The zero-order chi connectivity index (χ0) is 17.8. The van der Waals surface area contributed by atoms with Crippen LogP contribution in [0.25, 0.3) is 0 Å². The summed E-state index contributed by atoms with van der Waals surface area (Å²) in [5.41, 5.74) is -0.292. The Morgan fingerprint density at radius 1 is 1.56 bits per heavy atom. The Kier molecular flexibility index (Phi) is 3.89. The van der Waals surface area contributed by atoms with E-state index in [9.17, 15) is 12.8 Å². The highest BCUT2D eigenvalue weighted by atomic mass is 32.2. The Morgan fingerprint density at radius 2 is 2.36 bits per heavy atom. The summed E-state index contributed by atoms with van der Waals surface area (Å²) in [6, 6.07) is 0. The van der Waals surface area contributed by atoms with E-state index in [0.29, 0.717) is 25.6 Å². The molecule has 3 fully saturated rings. The minimum atomic E-state index is -3.24. The summed E-state index contributed by atoms with van der Waals surface area (Å²) < 4.78 is 50.2. The van der Waals surface area contributed by atoms with Crippen LogP contribution in [-0.4, -0.2) is 63.1 Å². The highest BCUT2D eigenvalue weighted by molar-refractivity contribution is 7.88. The number of nitrogens with zero attached hydrogens (tertiary/aromatic N) is 3. The lowest BCUT2D eigenvalue weighted by Gasteiger charge is -2.29. The molecular formula is C15H21FN4O4S. The molecule has 4 atom stereocenters. The Bertz CT molecular complexity index is 792. The highest BCUT2D eigenvalue weighted by Gasteiger charge is 2.63. The van der Waals surface area contributed by atoms with Gasteiger partial charge < -0.3 is 14.4 Å². The maximum Gasteiger partial charge on any atom is 0.255 e. The summed E-state index contributed by atoms with van der Waals surface area (Å²) in [5.74, 6) is 0.0381. The van der Waals surface area contributed by atoms with Crippen molar-refractivity contribution < 1.29 is 22.3 Å². The van der Waals surface area contributed by atoms with Gasteiger partial charge in [-0.2, -0.15) is 9.37 Å². The molecule has 10 heteroatoms. The van der Waals surface area contributed by atoms with Crippen molar-refractivity contribution in [1.29, 1.82) is 0 Å². The predicted molar refractivity (Wildman–Crippen MR) is 87.4 cm³/mol. The summed E-state index contributed by atoms with van der Waals surface area (Å²) in [4.78, 5) is 10.2. The molecule has 0 aliphatic carbocycles. The second-order valence-electron chi connectivity index (χ2n) is 7.06. The number of halogens is 1. The summed E-state index contributed by atoms with van der Waals surface area (Å²) >= 11 is 0. The fourth-order valence-electron chi connectivity index (χ4n) is 4.50. The largest absolute Gasteiger partial charge is 0.479 e. The Morgan fingerprint density at radius 3 is 3.08 bits per heavy atom. The third-order valence-corrected chi connectivity index (χ3v) is 6.23. The zero-order valence-electron chi connectivity index (χ0n) is 14.1. The maximum absolute atomic E-state index is 13.6. The minimum absolute atomic E-state index is 0.0833. The van der Waals surface area contributed by atoms with E-state index in [1.165, 1.54) is 7.11 Å². The normalized spacial score (nSPS) is 33.7. The van der Waals surface area contributed by atoms with Crippen LogP contribution < -0.4 is 14.4 Å². The third-order valence-electron chi connectivity index (χ3n) is 5.54. The van der Waals surface area contributed by atoms with Crippen LogP contribution in [0.2, 0.25) is 0 Å². The van der Waals surface area contributed by atoms with E-state index in [0.717, 1.165) is 25.3 Å². The van der Waals surface area contributed by atoms with Gasteiger partial charge >= 0.3 is 0 Å². The number of fused-ring (bicyclic) bond motifs is 1. The van der Waals surface area contributed by atoms with Gasteiger partial charge in [0.25, 0.3) is 5.88 Å². The first kappa shape index (κ1) is 16.9. The van der Waals surface area contributed by atoms with E-state index in [4.69, 9.17) is 9.47 Å². The molecule has 4 rings (SSSR count). The molecule has 3 saturated heterocycles. The molecule has 0 unspecified atom stereocenters. The number of hydrogen-bond donors (Lipinski definition) is 1. The van der Waals surface area contributed by atoms with Crippen LogP contribution in [0.1, 0.15) is 12.8 Å². The van der Waals surface area contributed by atoms with Gasteiger partial charge in [0.15, 0.2) is 0 Å². The van der Waals surface area contributed by atoms with E-state index in [1.807, 2.05) is 4.90 Å². The van der Waals surface area contributed by atoms with Gasteiger partial charge in [-0.15, -0.1) is 0 Å². The molecule has 0 aromatic carbocycles. The molecule has 138 valence electrons. The van der Waals surface area contributed by atoms with Gasteiger partial charge in [-0.05, 0) is 12.8 Å². The molecule has 3 aliphatic heterocycles. The Hall–Kier alpha value is -1.52. The highest BCUT2D eigenvalue weighted by Crippen LogP contribution is 2.55. The number of aromatic nitrogens is 2. The minimum Gasteiger partial charge on any atom is -0.479 e. The molecule has 2 bridgehead atoms. The molecule has 4 heterocycles. The van der Waals surface area contributed by atoms with Crippen LogP contribution in [0.4, 0.5) is 10.3 Å². The van der Waals surface area contributed by atoms with E-state index in [1.54, 1.807) is 0 Å². The van der Waals surface area contributed by atoms with Gasteiger partial charge in [0.1, 0.15) is 0 Å². The molecule has 0 saturated carbocycles. The number of sulfonamides is 1. The molecular weight excluding hydrogens is 351 g/mol. The van der Waals surface area contributed by atoms with Crippen molar-refractivity contribution in [2.75, 3.05) is 37.9 Å². The number of methoxy groups -OCH3 is 1. The first-order valence-electron chi connectivity index (χ1n) is 8.25. The number of anilines is 1. The monoisotopic (exact) mass is 372 g/mol. The molecule has 8 nitrogen and oxygen atoms in total. The molecule has 1 aromatic rings. The topological polar surface area (TPSA) is 93.7 Å². The van der Waals surface area contributed by atoms with Gasteiger partial charge in [0, 0.05) is 24.9 Å². The van der Waals surface area contributed by atoms with Crippen molar-refractivity contribution in [1.82, 2.24) is 14.7 Å². The number of nitrogens with one attached hydrogen (secondary N) is 1. The number of rotatable bonds is 5. The number of ether oxygens (including phenoxy) is 2. The second kappa shape index (κ2) is 5.75. The molecule has 0 radical (unpaired) electrons. The van der Waals surface area contributed by atoms with Crippen LogP contribution in [0.15, 0.2) is 6.20 Å². The second-order valence-corrected chi connectivity index (χ2v) is 8.89. The van der Waals surface area contributed by atoms with Crippen molar-refractivity contribution in [2.24, 2.45) is 11.8 Å². The fraction of sp³-hybridized carbons (Fsp3) is 0.733. The van der Waals surface area contributed by atoms with Crippen LogP contribution in [0.5, 0.6) is 5.88 Å². The van der Waals surface area contributed by atoms with Crippen molar-refractivity contribution in [2.45, 2.75) is 24.5 Å². The van der Waals surface area contributed by atoms with Crippen molar-refractivity contribution in [3.63, 3.8) is 0 Å². The van der Waals surface area contributed by atoms with E-state index in [2.05, 4.69) is 14.7 Å². The van der Waals surface area contributed by atoms with Crippen molar-refractivity contribution in [3.05, 3.63) is 12.0 Å². The first-order valence-corrected chi connectivity index (χ1v) is 10.1. The average Bonchev–Trinajstić information content (AvgIpc) is 3.20. The van der Waals surface area contributed by atoms with Crippen LogP contribution in [-0.2, 0) is 14.8 Å². The summed E-state index contributed by atoms with van der Waals surface area (Å²) in [6.07, 6.45) is 4.22. The lowest BCUT2D eigenvalue weighted by atomic mass is 9.74. The lowest BCUT2D eigenvalue weighted by molar-refractivity contribution is 0.0141. The van der Waals surface area contributed by atoms with Crippen molar-refractivity contribution >= 4 is 16.0 Å². The van der Waals surface area contributed by atoms with Crippen LogP contribution in [0, 0.1) is 17.7 Å². The zero-order valence-corrected chi connectivity index (χ0v) is 14.9. The Balaban J connectivity index is 1.55. The quantitative estimate of drug-likeness (QED) is 0.787. The molecule has 1 aromatic heterocycles. The summed E-state index contributed by atoms with van der Waals surface area (Å²) in [7, 11) is -1.88. The third kappa shape index (κ3) is 2.85. The lowest BCUT2D eigenvalue weighted by Crippen LogP contribution is -2.41. The molecule has 25 heavy (non-hydrogen) atoms. The SMILES string of the molecule is COc1nc(N2C[C@@H]3[C@H](CNS(C)(=O)=O)[C@H]4CC[C@]3(C2)O4)ncc1F. The average molecular weight is 372 g/mol. The Labute approximate surface area is 145 Å². The van der Waals surface area contributed by atoms with Gasteiger partial charge in [0.2, 0.25) is 21.8 Å². The summed E-state index contributed by atoms with van der Waals surface area (Å²) in [6.45, 7) is 1.65. The predicted octanol–water partition coefficient (Wildman–Crippen LogP) is 0.157. The molecule has 0 amide bonds. The maximum atomic E-state index is 13.6. The van der Waals surface area contributed by atoms with Crippen LogP contribution in [0.3, 0.4) is 0 Å². The van der Waals surface area contributed by atoms with Crippen LogP contribution >= 0.6 is 0 Å². The van der Waals surface area contributed by atoms with Crippen molar-refractivity contribution in [3.8, 4) is 5.88 Å².